The Morgan fingerprint density at radius 3 is 2.58 bits per heavy atom. The van der Waals surface area contributed by atoms with Crippen LogP contribution in [0.5, 0.6) is 0 Å². The van der Waals surface area contributed by atoms with Gasteiger partial charge < -0.3 is 16.0 Å². The number of piperidine rings is 1. The maximum Gasteiger partial charge on any atom is 0.220 e. The minimum Gasteiger partial charge on any atom is -0.355 e. The van der Waals surface area contributed by atoms with Gasteiger partial charge in [-0.25, -0.2) is 0 Å². The molecule has 110 valence electrons. The number of amides is 1. The van der Waals surface area contributed by atoms with Gasteiger partial charge in [0.25, 0.3) is 0 Å². The molecule has 1 saturated heterocycles. The fourth-order valence-electron chi connectivity index (χ4n) is 3.34. The maximum absolute atomic E-state index is 11.9. The number of likely N-dealkylation sites (tertiary alicyclic amines) is 1. The summed E-state index contributed by atoms with van der Waals surface area (Å²) in [5, 5.41) is 3.06. The topological polar surface area (TPSA) is 58.4 Å². The highest BCUT2D eigenvalue weighted by atomic mass is 16.1. The molecule has 3 N–H and O–H groups in total. The van der Waals surface area contributed by atoms with Crippen molar-refractivity contribution in [2.24, 2.45) is 11.7 Å². The fraction of sp³-hybridized carbons (Fsp3) is 0.933. The van der Waals surface area contributed by atoms with Gasteiger partial charge >= 0.3 is 0 Å². The zero-order valence-electron chi connectivity index (χ0n) is 12.1. The summed E-state index contributed by atoms with van der Waals surface area (Å²) in [6.07, 6.45) is 9.29. The van der Waals surface area contributed by atoms with Gasteiger partial charge in [-0.2, -0.15) is 0 Å². The monoisotopic (exact) mass is 267 g/mol. The fourth-order valence-corrected chi connectivity index (χ4v) is 3.34. The second-order valence-electron chi connectivity index (χ2n) is 6.16. The molecule has 0 aromatic rings. The number of nitrogens with zero attached hydrogens (tertiary/aromatic N) is 1. The van der Waals surface area contributed by atoms with E-state index >= 15 is 0 Å². The van der Waals surface area contributed by atoms with E-state index in [1.807, 2.05) is 0 Å². The van der Waals surface area contributed by atoms with Crippen LogP contribution in [0.4, 0.5) is 0 Å². The SMILES string of the molecule is NC1CCCCC1CC(=O)NCCN1CCCCC1. The Hall–Kier alpha value is -0.610. The van der Waals surface area contributed by atoms with Gasteiger partial charge in [0.05, 0.1) is 0 Å². The highest BCUT2D eigenvalue weighted by Gasteiger charge is 2.23. The molecule has 0 bridgehead atoms. The number of carbonyl (C=O) groups is 1. The Bertz CT molecular complexity index is 277. The van der Waals surface area contributed by atoms with Crippen molar-refractivity contribution in [1.82, 2.24) is 10.2 Å². The Balaban J connectivity index is 1.58. The summed E-state index contributed by atoms with van der Waals surface area (Å²) in [6, 6.07) is 0.238. The second-order valence-corrected chi connectivity index (χ2v) is 6.16. The lowest BCUT2D eigenvalue weighted by atomic mass is 9.83. The smallest absolute Gasteiger partial charge is 0.220 e. The van der Waals surface area contributed by atoms with Gasteiger partial charge in [-0.15, -0.1) is 0 Å². The predicted molar refractivity (Wildman–Crippen MR) is 77.9 cm³/mol. The molecule has 1 saturated carbocycles. The molecular weight excluding hydrogens is 238 g/mol. The van der Waals surface area contributed by atoms with Crippen LogP contribution in [0, 0.1) is 5.92 Å². The van der Waals surface area contributed by atoms with E-state index in [2.05, 4.69) is 10.2 Å². The normalized spacial score (nSPS) is 29.1. The lowest BCUT2D eigenvalue weighted by Crippen LogP contribution is -2.40. The Morgan fingerprint density at radius 2 is 1.84 bits per heavy atom. The molecule has 19 heavy (non-hydrogen) atoms. The van der Waals surface area contributed by atoms with E-state index in [1.165, 1.54) is 45.2 Å². The van der Waals surface area contributed by atoms with E-state index in [0.717, 1.165) is 25.9 Å². The zero-order chi connectivity index (χ0) is 13.5. The van der Waals surface area contributed by atoms with Crippen molar-refractivity contribution in [1.29, 1.82) is 0 Å². The summed E-state index contributed by atoms with van der Waals surface area (Å²) in [7, 11) is 0. The predicted octanol–water partition coefficient (Wildman–Crippen LogP) is 1.50. The number of carbonyl (C=O) groups excluding carboxylic acids is 1. The van der Waals surface area contributed by atoms with Gasteiger partial charge in [0, 0.05) is 25.6 Å². The van der Waals surface area contributed by atoms with E-state index in [-0.39, 0.29) is 11.9 Å². The van der Waals surface area contributed by atoms with E-state index in [4.69, 9.17) is 5.73 Å². The van der Waals surface area contributed by atoms with Crippen molar-refractivity contribution in [2.75, 3.05) is 26.2 Å². The first-order valence-electron chi connectivity index (χ1n) is 8.00. The standard InChI is InChI=1S/C15H29N3O/c16-14-7-3-2-6-13(14)12-15(19)17-8-11-18-9-4-1-5-10-18/h13-14H,1-12,16H2,(H,17,19). The second kappa shape index (κ2) is 7.85. The molecule has 1 heterocycles. The first-order valence-corrected chi connectivity index (χ1v) is 8.00. The molecule has 1 amide bonds. The zero-order valence-corrected chi connectivity index (χ0v) is 12.1. The van der Waals surface area contributed by atoms with E-state index < -0.39 is 0 Å². The highest BCUT2D eigenvalue weighted by Crippen LogP contribution is 2.25. The quantitative estimate of drug-likeness (QED) is 0.793. The van der Waals surface area contributed by atoms with Gasteiger partial charge in [0.2, 0.25) is 5.91 Å². The molecular formula is C15H29N3O. The van der Waals surface area contributed by atoms with Gasteiger partial charge in [-0.1, -0.05) is 19.3 Å². The average Bonchev–Trinajstić information content (AvgIpc) is 2.43. The number of rotatable bonds is 5. The minimum absolute atomic E-state index is 0.194. The van der Waals surface area contributed by atoms with Crippen molar-refractivity contribution < 1.29 is 4.79 Å². The van der Waals surface area contributed by atoms with Crippen molar-refractivity contribution >= 4 is 5.91 Å². The van der Waals surface area contributed by atoms with E-state index in [0.29, 0.717) is 12.3 Å². The number of nitrogens with two attached hydrogens (primary N) is 1. The van der Waals surface area contributed by atoms with Crippen LogP contribution in [0.25, 0.3) is 0 Å². The third-order valence-electron chi connectivity index (χ3n) is 4.61. The lowest BCUT2D eigenvalue weighted by Gasteiger charge is -2.28. The molecule has 0 aromatic heterocycles. The molecule has 2 unspecified atom stereocenters. The van der Waals surface area contributed by atoms with Crippen LogP contribution < -0.4 is 11.1 Å². The minimum atomic E-state index is 0.194. The van der Waals surface area contributed by atoms with Gasteiger partial charge in [0.1, 0.15) is 0 Å². The van der Waals surface area contributed by atoms with Crippen LogP contribution in [-0.2, 0) is 4.79 Å². The molecule has 2 rings (SSSR count). The largest absolute Gasteiger partial charge is 0.355 e. The van der Waals surface area contributed by atoms with E-state index in [9.17, 15) is 4.79 Å². The summed E-state index contributed by atoms with van der Waals surface area (Å²) < 4.78 is 0. The third kappa shape index (κ3) is 5.11. The number of hydrogen-bond donors (Lipinski definition) is 2. The molecule has 0 spiro atoms. The summed E-state index contributed by atoms with van der Waals surface area (Å²) in [5.41, 5.74) is 6.08. The Labute approximate surface area is 117 Å². The summed E-state index contributed by atoms with van der Waals surface area (Å²) in [4.78, 5) is 14.4. The highest BCUT2D eigenvalue weighted by molar-refractivity contribution is 5.76. The molecule has 4 heteroatoms. The lowest BCUT2D eigenvalue weighted by molar-refractivity contribution is -0.122. The van der Waals surface area contributed by atoms with Crippen LogP contribution in [-0.4, -0.2) is 43.0 Å². The van der Waals surface area contributed by atoms with Crippen molar-refractivity contribution in [2.45, 2.75) is 57.4 Å². The van der Waals surface area contributed by atoms with Crippen molar-refractivity contribution in [3.05, 3.63) is 0 Å². The van der Waals surface area contributed by atoms with Gasteiger partial charge in [0.15, 0.2) is 0 Å². The number of nitrogens with one attached hydrogen (secondary N) is 1. The van der Waals surface area contributed by atoms with Crippen molar-refractivity contribution in [3.8, 4) is 0 Å². The molecule has 2 aliphatic rings. The summed E-state index contributed by atoms with van der Waals surface area (Å²) >= 11 is 0. The molecule has 4 nitrogen and oxygen atoms in total. The Kier molecular flexibility index (Phi) is 6.11. The van der Waals surface area contributed by atoms with Crippen LogP contribution in [0.1, 0.15) is 51.4 Å². The first-order chi connectivity index (χ1) is 9.25. The van der Waals surface area contributed by atoms with Crippen LogP contribution in [0.2, 0.25) is 0 Å². The molecule has 1 aliphatic heterocycles. The van der Waals surface area contributed by atoms with Crippen LogP contribution >= 0.6 is 0 Å². The molecule has 2 fully saturated rings. The summed E-state index contributed by atoms with van der Waals surface area (Å²) in [5.74, 6) is 0.600. The van der Waals surface area contributed by atoms with Gasteiger partial charge in [-0.05, 0) is 44.7 Å². The third-order valence-corrected chi connectivity index (χ3v) is 4.61. The molecule has 1 aliphatic carbocycles. The van der Waals surface area contributed by atoms with Crippen molar-refractivity contribution in [3.63, 3.8) is 0 Å². The van der Waals surface area contributed by atoms with Crippen LogP contribution in [0.3, 0.4) is 0 Å². The maximum atomic E-state index is 11.9. The summed E-state index contributed by atoms with van der Waals surface area (Å²) in [6.45, 7) is 4.19. The Morgan fingerprint density at radius 1 is 1.11 bits per heavy atom. The molecule has 2 atom stereocenters. The van der Waals surface area contributed by atoms with Gasteiger partial charge in [-0.3, -0.25) is 4.79 Å². The van der Waals surface area contributed by atoms with E-state index in [1.54, 1.807) is 0 Å². The molecule has 0 radical (unpaired) electrons. The van der Waals surface area contributed by atoms with Crippen LogP contribution in [0.15, 0.2) is 0 Å². The molecule has 0 aromatic carbocycles. The average molecular weight is 267 g/mol. The first kappa shape index (κ1) is 14.8. The number of hydrogen-bond acceptors (Lipinski definition) is 3.